The molecule has 34 heavy (non-hydrogen) atoms. The molecule has 0 amide bonds. The lowest BCUT2D eigenvalue weighted by Gasteiger charge is -2.29. The van der Waals surface area contributed by atoms with Crippen molar-refractivity contribution in [3.63, 3.8) is 0 Å². The fourth-order valence-corrected chi connectivity index (χ4v) is 3.58. The van der Waals surface area contributed by atoms with Gasteiger partial charge in [0.1, 0.15) is 12.6 Å². The Morgan fingerprint density at radius 1 is 1.06 bits per heavy atom. The van der Waals surface area contributed by atoms with Crippen LogP contribution in [-0.4, -0.2) is 26.2 Å². The molecule has 1 unspecified atom stereocenters. The summed E-state index contributed by atoms with van der Waals surface area (Å²) < 4.78 is 87.3. The van der Waals surface area contributed by atoms with Gasteiger partial charge in [0.2, 0.25) is 5.95 Å². The Morgan fingerprint density at radius 3 is 2.41 bits per heavy atom. The van der Waals surface area contributed by atoms with E-state index >= 15 is 0 Å². The summed E-state index contributed by atoms with van der Waals surface area (Å²) in [6, 6.07) is 8.14. The SMILES string of the molecule is CC1=C(C(=O)OCc2ccccc2)C(c2ccc(C(F)(F)F)cc2C(F)(F)F)n2nnnc2N1. The Balaban J connectivity index is 1.82. The molecule has 7 nitrogen and oxygen atoms in total. The number of carbonyl (C=O) groups excluding carboxylic acids is 1. The number of hydrogen-bond acceptors (Lipinski definition) is 6. The van der Waals surface area contributed by atoms with Crippen LogP contribution in [0.1, 0.15) is 35.2 Å². The molecule has 0 aliphatic carbocycles. The van der Waals surface area contributed by atoms with Gasteiger partial charge in [-0.05, 0) is 40.6 Å². The molecule has 0 saturated carbocycles. The minimum absolute atomic E-state index is 0.00362. The zero-order valence-corrected chi connectivity index (χ0v) is 17.3. The Bertz CT molecular complexity index is 1250. The fourth-order valence-electron chi connectivity index (χ4n) is 3.58. The summed E-state index contributed by atoms with van der Waals surface area (Å²) in [7, 11) is 0. The van der Waals surface area contributed by atoms with E-state index in [1.807, 2.05) is 0 Å². The first-order valence-corrected chi connectivity index (χ1v) is 9.72. The van der Waals surface area contributed by atoms with Crippen LogP contribution in [0.2, 0.25) is 0 Å². The maximum absolute atomic E-state index is 13.9. The lowest BCUT2D eigenvalue weighted by Crippen LogP contribution is -2.31. The van der Waals surface area contributed by atoms with Gasteiger partial charge in [0.05, 0.1) is 16.7 Å². The third-order valence-electron chi connectivity index (χ3n) is 5.13. The van der Waals surface area contributed by atoms with Crippen LogP contribution >= 0.6 is 0 Å². The number of hydrogen-bond donors (Lipinski definition) is 1. The maximum atomic E-state index is 13.9. The molecule has 0 saturated heterocycles. The Hall–Kier alpha value is -3.90. The third-order valence-corrected chi connectivity index (χ3v) is 5.13. The summed E-state index contributed by atoms with van der Waals surface area (Å²) in [6.45, 7) is 1.23. The molecular weight excluding hydrogens is 468 g/mol. The molecule has 1 N–H and O–H groups in total. The number of aromatic nitrogens is 4. The predicted molar refractivity (Wildman–Crippen MR) is 105 cm³/mol. The summed E-state index contributed by atoms with van der Waals surface area (Å²) in [6.07, 6.45) is -10.2. The molecule has 4 rings (SSSR count). The highest BCUT2D eigenvalue weighted by Gasteiger charge is 2.43. The Morgan fingerprint density at radius 2 is 1.76 bits per heavy atom. The zero-order chi connectivity index (χ0) is 24.7. The van der Waals surface area contributed by atoms with Crippen LogP contribution in [0.25, 0.3) is 0 Å². The minimum Gasteiger partial charge on any atom is -0.457 e. The van der Waals surface area contributed by atoms with Crippen molar-refractivity contribution in [2.24, 2.45) is 0 Å². The van der Waals surface area contributed by atoms with Gasteiger partial charge in [-0.3, -0.25) is 0 Å². The van der Waals surface area contributed by atoms with Gasteiger partial charge in [-0.25, -0.2) is 4.79 Å². The van der Waals surface area contributed by atoms with E-state index in [9.17, 15) is 31.1 Å². The summed E-state index contributed by atoms with van der Waals surface area (Å²) in [5, 5.41) is 13.4. The fraction of sp³-hybridized carbons (Fsp3) is 0.238. The van der Waals surface area contributed by atoms with Crippen LogP contribution in [0.15, 0.2) is 59.8 Å². The highest BCUT2D eigenvalue weighted by atomic mass is 19.4. The number of nitrogens with zero attached hydrogens (tertiary/aromatic N) is 4. The maximum Gasteiger partial charge on any atom is 0.416 e. The monoisotopic (exact) mass is 483 g/mol. The van der Waals surface area contributed by atoms with E-state index in [4.69, 9.17) is 4.74 Å². The lowest BCUT2D eigenvalue weighted by molar-refractivity contribution is -0.145. The number of carbonyl (C=O) groups is 1. The Labute approximate surface area is 188 Å². The van der Waals surface area contributed by atoms with Crippen molar-refractivity contribution in [3.8, 4) is 0 Å². The summed E-state index contributed by atoms with van der Waals surface area (Å²) in [5.41, 5.74) is -3.25. The van der Waals surface area contributed by atoms with Gasteiger partial charge in [0.15, 0.2) is 0 Å². The van der Waals surface area contributed by atoms with Crippen LogP contribution in [0.5, 0.6) is 0 Å². The molecule has 13 heteroatoms. The van der Waals surface area contributed by atoms with Crippen molar-refractivity contribution < 1.29 is 35.9 Å². The predicted octanol–water partition coefficient (Wildman–Crippen LogP) is 4.74. The van der Waals surface area contributed by atoms with E-state index in [1.165, 1.54) is 6.92 Å². The largest absolute Gasteiger partial charge is 0.457 e. The third kappa shape index (κ3) is 4.45. The van der Waals surface area contributed by atoms with E-state index in [1.54, 1.807) is 30.3 Å². The summed E-state index contributed by atoms with van der Waals surface area (Å²) >= 11 is 0. The number of allylic oxidation sites excluding steroid dienone is 1. The number of nitrogens with one attached hydrogen (secondary N) is 1. The lowest BCUT2D eigenvalue weighted by atomic mass is 9.90. The van der Waals surface area contributed by atoms with E-state index in [2.05, 4.69) is 20.8 Å². The van der Waals surface area contributed by atoms with Gasteiger partial charge in [0.25, 0.3) is 0 Å². The molecule has 1 aliphatic heterocycles. The highest BCUT2D eigenvalue weighted by Crippen LogP contribution is 2.43. The van der Waals surface area contributed by atoms with Gasteiger partial charge in [0, 0.05) is 5.70 Å². The normalized spacial score (nSPS) is 16.1. The second-order valence-corrected chi connectivity index (χ2v) is 7.37. The van der Waals surface area contributed by atoms with Gasteiger partial charge < -0.3 is 10.1 Å². The van der Waals surface area contributed by atoms with Crippen molar-refractivity contribution in [2.75, 3.05) is 5.32 Å². The molecule has 0 spiro atoms. The number of benzene rings is 2. The number of halogens is 6. The number of rotatable bonds is 4. The van der Waals surface area contributed by atoms with E-state index in [0.717, 1.165) is 4.68 Å². The average Bonchev–Trinajstić information content (AvgIpc) is 3.23. The van der Waals surface area contributed by atoms with Crippen molar-refractivity contribution in [2.45, 2.75) is 31.9 Å². The first kappa shape index (κ1) is 23.3. The van der Waals surface area contributed by atoms with Crippen LogP contribution in [0.4, 0.5) is 32.3 Å². The highest BCUT2D eigenvalue weighted by molar-refractivity contribution is 5.92. The smallest absolute Gasteiger partial charge is 0.416 e. The van der Waals surface area contributed by atoms with Gasteiger partial charge in [-0.15, -0.1) is 0 Å². The molecule has 1 atom stereocenters. The van der Waals surface area contributed by atoms with E-state index in [0.29, 0.717) is 17.7 Å². The van der Waals surface area contributed by atoms with E-state index in [-0.39, 0.29) is 29.9 Å². The molecule has 2 heterocycles. The Kier molecular flexibility index (Phi) is 5.79. The molecule has 0 fully saturated rings. The van der Waals surface area contributed by atoms with Crippen LogP contribution in [0.3, 0.4) is 0 Å². The second kappa shape index (κ2) is 8.47. The van der Waals surface area contributed by atoms with Gasteiger partial charge in [-0.1, -0.05) is 41.5 Å². The van der Waals surface area contributed by atoms with Crippen molar-refractivity contribution >= 4 is 11.9 Å². The number of esters is 1. The van der Waals surface area contributed by atoms with Gasteiger partial charge in [-0.2, -0.15) is 31.0 Å². The summed E-state index contributed by atoms with van der Waals surface area (Å²) in [4.78, 5) is 13.0. The minimum atomic E-state index is -5.16. The van der Waals surface area contributed by atoms with E-state index < -0.39 is 41.1 Å². The molecule has 2 aromatic carbocycles. The molecule has 0 bridgehead atoms. The van der Waals surface area contributed by atoms with Crippen molar-refractivity contribution in [1.82, 2.24) is 20.2 Å². The molecule has 1 aliphatic rings. The second-order valence-electron chi connectivity index (χ2n) is 7.37. The topological polar surface area (TPSA) is 81.9 Å². The zero-order valence-electron chi connectivity index (χ0n) is 17.3. The first-order valence-electron chi connectivity index (χ1n) is 9.72. The molecular formula is C21H15F6N5O2. The number of fused-ring (bicyclic) bond motifs is 1. The van der Waals surface area contributed by atoms with Gasteiger partial charge >= 0.3 is 18.3 Å². The van der Waals surface area contributed by atoms with Crippen LogP contribution < -0.4 is 5.32 Å². The molecule has 3 aromatic rings. The standard InChI is InChI=1S/C21H15F6N5O2/c1-11-16(18(33)34-10-12-5-3-2-4-6-12)17(32-19(28-11)29-30-31-32)14-8-7-13(20(22,23)24)9-15(14)21(25,26)27/h2-9,17H,10H2,1H3,(H,28,29,31). The van der Waals surface area contributed by atoms with Crippen molar-refractivity contribution in [3.05, 3.63) is 82.1 Å². The van der Waals surface area contributed by atoms with Crippen LogP contribution in [-0.2, 0) is 28.5 Å². The van der Waals surface area contributed by atoms with Crippen molar-refractivity contribution in [1.29, 1.82) is 0 Å². The molecule has 178 valence electrons. The summed E-state index contributed by atoms with van der Waals surface area (Å²) in [5.74, 6) is -1.07. The average molecular weight is 483 g/mol. The number of tetrazole rings is 1. The number of alkyl halides is 6. The quantitative estimate of drug-likeness (QED) is 0.427. The first-order chi connectivity index (χ1) is 16.0. The molecule has 0 radical (unpaired) electrons. The number of ether oxygens (including phenoxy) is 1. The molecule has 1 aromatic heterocycles. The van der Waals surface area contributed by atoms with Crippen LogP contribution in [0, 0.1) is 0 Å². The number of anilines is 1.